The quantitative estimate of drug-likeness (QED) is 0.687. The monoisotopic (exact) mass is 283 g/mol. The van der Waals surface area contributed by atoms with E-state index in [1.807, 2.05) is 20.2 Å². The average molecular weight is 283 g/mol. The Balaban J connectivity index is 2.26. The van der Waals surface area contributed by atoms with E-state index in [-0.39, 0.29) is 4.90 Å². The normalized spacial score (nSPS) is 11.7. The van der Waals surface area contributed by atoms with Crippen molar-refractivity contribution in [3.63, 3.8) is 0 Å². The van der Waals surface area contributed by atoms with Gasteiger partial charge in [-0.15, -0.1) is 0 Å². The molecular formula is C14H12BN2O2S. The molecule has 2 aromatic heterocycles. The third-order valence-corrected chi connectivity index (χ3v) is 4.88. The molecule has 0 atom stereocenters. The summed E-state index contributed by atoms with van der Waals surface area (Å²) in [4.78, 5) is 4.46. The highest BCUT2D eigenvalue weighted by atomic mass is 32.2. The topological polar surface area (TPSA) is 52.0 Å². The summed E-state index contributed by atoms with van der Waals surface area (Å²) in [6.07, 6.45) is 3.17. The van der Waals surface area contributed by atoms with E-state index in [4.69, 9.17) is 0 Å². The number of aromatic nitrogens is 2. The standard InChI is InChI=1S/C14H12BN2O2S/c1-15-13-7-9-16-14-12(13)8-10-17(14)20(18,19)11-5-3-2-4-6-11/h2-10H,1H3. The largest absolute Gasteiger partial charge is 0.269 e. The Labute approximate surface area is 118 Å². The van der Waals surface area contributed by atoms with Gasteiger partial charge in [0.15, 0.2) is 5.65 Å². The molecule has 0 unspecified atom stereocenters. The van der Waals surface area contributed by atoms with Crippen LogP contribution in [0.5, 0.6) is 0 Å². The van der Waals surface area contributed by atoms with E-state index in [0.717, 1.165) is 10.8 Å². The molecule has 0 saturated carbocycles. The molecule has 0 bridgehead atoms. The lowest BCUT2D eigenvalue weighted by Crippen LogP contribution is -2.15. The molecule has 4 nitrogen and oxygen atoms in total. The minimum absolute atomic E-state index is 0.255. The third-order valence-electron chi connectivity index (χ3n) is 3.20. The van der Waals surface area contributed by atoms with Crippen LogP contribution in [0.3, 0.4) is 0 Å². The highest BCUT2D eigenvalue weighted by Gasteiger charge is 2.19. The van der Waals surface area contributed by atoms with E-state index in [0.29, 0.717) is 5.65 Å². The van der Waals surface area contributed by atoms with E-state index in [2.05, 4.69) is 4.98 Å². The predicted molar refractivity (Wildman–Crippen MR) is 80.0 cm³/mol. The van der Waals surface area contributed by atoms with Crippen LogP contribution in [0, 0.1) is 0 Å². The van der Waals surface area contributed by atoms with Crippen molar-refractivity contribution in [2.45, 2.75) is 11.7 Å². The first kappa shape index (κ1) is 12.9. The molecule has 3 rings (SSSR count). The summed E-state index contributed by atoms with van der Waals surface area (Å²) in [6.45, 7) is 1.91. The molecular weight excluding hydrogens is 271 g/mol. The van der Waals surface area contributed by atoms with Gasteiger partial charge in [-0.1, -0.05) is 30.5 Å². The summed E-state index contributed by atoms with van der Waals surface area (Å²) in [6, 6.07) is 12.0. The van der Waals surface area contributed by atoms with Crippen LogP contribution in [0.15, 0.2) is 59.8 Å². The molecule has 2 heterocycles. The zero-order valence-corrected chi connectivity index (χ0v) is 11.7. The molecule has 6 heteroatoms. The summed E-state index contributed by atoms with van der Waals surface area (Å²) in [5.74, 6) is 0. The van der Waals surface area contributed by atoms with Gasteiger partial charge >= 0.3 is 0 Å². The van der Waals surface area contributed by atoms with Gasteiger partial charge in [-0.05, 0) is 24.3 Å². The van der Waals surface area contributed by atoms with E-state index in [9.17, 15) is 8.42 Å². The summed E-state index contributed by atoms with van der Waals surface area (Å²) in [5, 5.41) is 0.828. The fourth-order valence-corrected chi connectivity index (χ4v) is 3.51. The fraction of sp³-hybridized carbons (Fsp3) is 0.0714. The van der Waals surface area contributed by atoms with Crippen LogP contribution in [0.1, 0.15) is 0 Å². The number of fused-ring (bicyclic) bond motifs is 1. The van der Waals surface area contributed by atoms with Crippen molar-refractivity contribution >= 4 is 33.8 Å². The fourth-order valence-electron chi connectivity index (χ4n) is 2.19. The van der Waals surface area contributed by atoms with Crippen LogP contribution in [-0.2, 0) is 10.0 Å². The van der Waals surface area contributed by atoms with E-state index < -0.39 is 10.0 Å². The maximum atomic E-state index is 12.6. The Hall–Kier alpha value is -2.08. The van der Waals surface area contributed by atoms with Gasteiger partial charge in [0, 0.05) is 17.8 Å². The second-order valence-electron chi connectivity index (χ2n) is 4.36. The van der Waals surface area contributed by atoms with E-state index in [1.54, 1.807) is 48.8 Å². The number of hydrogen-bond acceptors (Lipinski definition) is 3. The number of rotatable bonds is 3. The molecule has 99 valence electrons. The minimum atomic E-state index is -3.61. The summed E-state index contributed by atoms with van der Waals surface area (Å²) < 4.78 is 26.5. The average Bonchev–Trinajstić information content (AvgIpc) is 2.92. The van der Waals surface area contributed by atoms with Crippen LogP contribution in [0.2, 0.25) is 6.82 Å². The first-order valence-corrected chi connectivity index (χ1v) is 7.64. The van der Waals surface area contributed by atoms with E-state index in [1.165, 1.54) is 3.97 Å². The van der Waals surface area contributed by atoms with E-state index >= 15 is 0 Å². The van der Waals surface area contributed by atoms with Crippen LogP contribution < -0.4 is 5.46 Å². The second kappa shape index (κ2) is 4.79. The molecule has 0 spiro atoms. The van der Waals surface area contributed by atoms with Gasteiger partial charge in [-0.3, -0.25) is 0 Å². The SMILES string of the molecule is C[B]c1ccnc2c1ccn2S(=O)(=O)c1ccccc1. The Kier molecular flexibility index (Phi) is 3.10. The Morgan fingerprint density at radius 3 is 2.55 bits per heavy atom. The van der Waals surface area contributed by atoms with Crippen molar-refractivity contribution in [1.29, 1.82) is 0 Å². The zero-order chi connectivity index (χ0) is 14.2. The highest BCUT2D eigenvalue weighted by molar-refractivity contribution is 7.90. The lowest BCUT2D eigenvalue weighted by molar-refractivity contribution is 0.589. The lowest BCUT2D eigenvalue weighted by atomic mass is 9.72. The molecule has 20 heavy (non-hydrogen) atoms. The Morgan fingerprint density at radius 1 is 1.10 bits per heavy atom. The molecule has 0 amide bonds. The van der Waals surface area contributed by atoms with Crippen molar-refractivity contribution < 1.29 is 8.42 Å². The maximum Gasteiger partial charge on any atom is 0.269 e. The Bertz CT molecular complexity index is 857. The van der Waals surface area contributed by atoms with Gasteiger partial charge in [0.05, 0.1) is 4.90 Å². The molecule has 0 aliphatic carbocycles. The van der Waals surface area contributed by atoms with Gasteiger partial charge < -0.3 is 0 Å². The molecule has 1 radical (unpaired) electrons. The van der Waals surface area contributed by atoms with Gasteiger partial charge in [-0.25, -0.2) is 17.4 Å². The molecule has 0 aliphatic rings. The van der Waals surface area contributed by atoms with Gasteiger partial charge in [0.1, 0.15) is 7.28 Å². The number of hydrogen-bond donors (Lipinski definition) is 0. The second-order valence-corrected chi connectivity index (χ2v) is 6.17. The Morgan fingerprint density at radius 2 is 1.85 bits per heavy atom. The molecule has 3 aromatic rings. The molecule has 0 saturated heterocycles. The summed E-state index contributed by atoms with van der Waals surface area (Å²) in [5.41, 5.74) is 1.42. The van der Waals surface area contributed by atoms with Crippen LogP contribution in [-0.4, -0.2) is 24.7 Å². The van der Waals surface area contributed by atoms with Crippen LogP contribution in [0.25, 0.3) is 11.0 Å². The predicted octanol–water partition coefficient (Wildman–Crippen LogP) is 1.65. The van der Waals surface area contributed by atoms with Crippen molar-refractivity contribution in [3.05, 3.63) is 54.9 Å². The smallest absolute Gasteiger partial charge is 0.237 e. The van der Waals surface area contributed by atoms with Crippen molar-refractivity contribution in [3.8, 4) is 0 Å². The van der Waals surface area contributed by atoms with Crippen molar-refractivity contribution in [1.82, 2.24) is 8.96 Å². The third kappa shape index (κ3) is 1.93. The minimum Gasteiger partial charge on any atom is -0.237 e. The number of benzene rings is 1. The molecule has 0 N–H and O–H groups in total. The van der Waals surface area contributed by atoms with Gasteiger partial charge in [0.25, 0.3) is 10.0 Å². The summed E-state index contributed by atoms with van der Waals surface area (Å²) in [7, 11) is -1.67. The maximum absolute atomic E-state index is 12.6. The molecule has 0 aliphatic heterocycles. The number of pyridine rings is 1. The van der Waals surface area contributed by atoms with Gasteiger partial charge in [0.2, 0.25) is 0 Å². The van der Waals surface area contributed by atoms with Crippen LogP contribution in [0.4, 0.5) is 0 Å². The van der Waals surface area contributed by atoms with Crippen molar-refractivity contribution in [2.75, 3.05) is 0 Å². The van der Waals surface area contributed by atoms with Crippen LogP contribution >= 0.6 is 0 Å². The molecule has 1 aromatic carbocycles. The first-order chi connectivity index (χ1) is 9.64. The van der Waals surface area contributed by atoms with Crippen molar-refractivity contribution in [2.24, 2.45) is 0 Å². The first-order valence-electron chi connectivity index (χ1n) is 6.20. The highest BCUT2D eigenvalue weighted by Crippen LogP contribution is 2.19. The number of nitrogens with zero attached hydrogens (tertiary/aromatic N) is 2. The lowest BCUT2D eigenvalue weighted by Gasteiger charge is -2.07. The molecule has 0 fully saturated rings. The zero-order valence-electron chi connectivity index (χ0n) is 10.9. The summed E-state index contributed by atoms with van der Waals surface area (Å²) >= 11 is 0. The van der Waals surface area contributed by atoms with Gasteiger partial charge in [-0.2, -0.15) is 0 Å².